The van der Waals surface area contributed by atoms with Gasteiger partial charge in [0.15, 0.2) is 15.6 Å². The largest absolute Gasteiger partial charge is 0.493 e. The molecule has 0 aromatic heterocycles. The second-order valence-electron chi connectivity index (χ2n) is 5.50. The Morgan fingerprint density at radius 3 is 2.48 bits per heavy atom. The lowest BCUT2D eigenvalue weighted by Crippen LogP contribution is -2.22. The van der Waals surface area contributed by atoms with E-state index in [-0.39, 0.29) is 23.1 Å². The molecule has 0 unspecified atom stereocenters. The molecule has 1 amide bonds. The first-order valence-corrected chi connectivity index (χ1v) is 9.66. The van der Waals surface area contributed by atoms with Gasteiger partial charge in [0.25, 0.3) is 0 Å². The van der Waals surface area contributed by atoms with Gasteiger partial charge in [-0.15, -0.1) is 0 Å². The number of rotatable bonds is 6. The minimum Gasteiger partial charge on any atom is -0.493 e. The molecule has 0 atom stereocenters. The SMILES string of the molecule is COc1c(NCC(=O)Nc2ccccc2Cl)cc(C)cc1S(C)(=O)=O. The van der Waals surface area contributed by atoms with Gasteiger partial charge in [-0.2, -0.15) is 0 Å². The summed E-state index contributed by atoms with van der Waals surface area (Å²) in [5.74, 6) is -0.142. The van der Waals surface area contributed by atoms with Gasteiger partial charge in [0.05, 0.1) is 30.1 Å². The van der Waals surface area contributed by atoms with Crippen LogP contribution in [0, 0.1) is 6.92 Å². The van der Waals surface area contributed by atoms with E-state index in [0.29, 0.717) is 16.4 Å². The lowest BCUT2D eigenvalue weighted by molar-refractivity contribution is -0.114. The average molecular weight is 383 g/mol. The third-order valence-electron chi connectivity index (χ3n) is 3.39. The third-order valence-corrected chi connectivity index (χ3v) is 4.82. The van der Waals surface area contributed by atoms with Crippen LogP contribution in [0.1, 0.15) is 5.56 Å². The smallest absolute Gasteiger partial charge is 0.243 e. The third kappa shape index (κ3) is 4.87. The molecule has 2 N–H and O–H groups in total. The number of anilines is 2. The molecule has 25 heavy (non-hydrogen) atoms. The van der Waals surface area contributed by atoms with Gasteiger partial charge in [-0.3, -0.25) is 4.79 Å². The Labute approximate surface area is 152 Å². The molecular formula is C17H19ClN2O4S. The van der Waals surface area contributed by atoms with E-state index in [9.17, 15) is 13.2 Å². The fourth-order valence-electron chi connectivity index (χ4n) is 2.29. The number of hydrogen-bond donors (Lipinski definition) is 2. The summed E-state index contributed by atoms with van der Waals surface area (Å²) in [4.78, 5) is 12.2. The highest BCUT2D eigenvalue weighted by molar-refractivity contribution is 7.90. The summed E-state index contributed by atoms with van der Waals surface area (Å²) in [5, 5.41) is 6.03. The first-order chi connectivity index (χ1) is 11.7. The number of nitrogens with one attached hydrogen (secondary N) is 2. The fourth-order valence-corrected chi connectivity index (χ4v) is 3.40. The monoisotopic (exact) mass is 382 g/mol. The molecule has 0 fully saturated rings. The summed E-state index contributed by atoms with van der Waals surface area (Å²) in [5.41, 5.74) is 1.66. The molecule has 0 aliphatic carbocycles. The predicted molar refractivity (Wildman–Crippen MR) is 99.4 cm³/mol. The number of amides is 1. The Kier molecular flexibility index (Phi) is 5.92. The summed E-state index contributed by atoms with van der Waals surface area (Å²) in [6.45, 7) is 1.69. The number of hydrogen-bond acceptors (Lipinski definition) is 5. The molecule has 0 bridgehead atoms. The Bertz CT molecular complexity index is 898. The van der Waals surface area contributed by atoms with Crippen LogP contribution < -0.4 is 15.4 Å². The van der Waals surface area contributed by atoms with Crippen molar-refractivity contribution in [3.8, 4) is 5.75 Å². The van der Waals surface area contributed by atoms with Crippen molar-refractivity contribution in [3.05, 3.63) is 47.0 Å². The van der Waals surface area contributed by atoms with Gasteiger partial charge in [0.1, 0.15) is 4.90 Å². The fraction of sp³-hybridized carbons (Fsp3) is 0.235. The maximum absolute atomic E-state index is 12.1. The number of benzene rings is 2. The Morgan fingerprint density at radius 2 is 1.88 bits per heavy atom. The number of carbonyl (C=O) groups is 1. The van der Waals surface area contributed by atoms with E-state index in [2.05, 4.69) is 10.6 Å². The summed E-state index contributed by atoms with van der Waals surface area (Å²) in [6.07, 6.45) is 1.11. The van der Waals surface area contributed by atoms with Crippen molar-refractivity contribution >= 4 is 38.7 Å². The topological polar surface area (TPSA) is 84.5 Å². The molecule has 0 aliphatic heterocycles. The molecule has 0 saturated carbocycles. The Balaban J connectivity index is 2.19. The highest BCUT2D eigenvalue weighted by Gasteiger charge is 2.19. The molecule has 0 spiro atoms. The number of aryl methyl sites for hydroxylation is 1. The van der Waals surface area contributed by atoms with Gasteiger partial charge in [-0.1, -0.05) is 23.7 Å². The van der Waals surface area contributed by atoms with Crippen LogP contribution in [0.25, 0.3) is 0 Å². The predicted octanol–water partition coefficient (Wildman–Crippen LogP) is 3.11. The van der Waals surface area contributed by atoms with Gasteiger partial charge in [-0.25, -0.2) is 8.42 Å². The van der Waals surface area contributed by atoms with Gasteiger partial charge in [0.2, 0.25) is 5.91 Å². The molecule has 0 aliphatic rings. The number of ether oxygens (including phenoxy) is 1. The first kappa shape index (κ1) is 19.1. The van der Waals surface area contributed by atoms with E-state index in [4.69, 9.17) is 16.3 Å². The van der Waals surface area contributed by atoms with Crippen LogP contribution >= 0.6 is 11.6 Å². The lowest BCUT2D eigenvalue weighted by Gasteiger charge is -2.15. The Morgan fingerprint density at radius 1 is 1.20 bits per heavy atom. The van der Waals surface area contributed by atoms with Crippen LogP contribution in [0.3, 0.4) is 0 Å². The quantitative estimate of drug-likeness (QED) is 0.801. The van der Waals surface area contributed by atoms with Crippen LogP contribution in [0.2, 0.25) is 5.02 Å². The molecule has 134 valence electrons. The molecule has 8 heteroatoms. The highest BCUT2D eigenvalue weighted by atomic mass is 35.5. The molecule has 2 aromatic carbocycles. The van der Waals surface area contributed by atoms with Gasteiger partial charge in [0, 0.05) is 6.26 Å². The van der Waals surface area contributed by atoms with E-state index in [1.54, 1.807) is 37.3 Å². The molecule has 6 nitrogen and oxygen atoms in total. The summed E-state index contributed by atoms with van der Waals surface area (Å²) in [6, 6.07) is 10.1. The van der Waals surface area contributed by atoms with Crippen molar-refractivity contribution < 1.29 is 17.9 Å². The van der Waals surface area contributed by atoms with Crippen molar-refractivity contribution in [1.29, 1.82) is 0 Å². The Hall–Kier alpha value is -2.25. The molecule has 2 aromatic rings. The zero-order chi connectivity index (χ0) is 18.6. The number of methoxy groups -OCH3 is 1. The molecule has 0 saturated heterocycles. The standard InChI is InChI=1S/C17H19ClN2O4S/c1-11-8-14(17(24-2)15(9-11)25(3,22)23)19-10-16(21)20-13-7-5-4-6-12(13)18/h4-9,19H,10H2,1-3H3,(H,20,21). The van der Waals surface area contributed by atoms with Crippen molar-refractivity contribution in [1.82, 2.24) is 0 Å². The number of sulfone groups is 1. The van der Waals surface area contributed by atoms with Crippen LogP contribution in [-0.2, 0) is 14.6 Å². The molecule has 2 rings (SSSR count). The average Bonchev–Trinajstić information content (AvgIpc) is 2.53. The van der Waals surface area contributed by atoms with E-state index in [0.717, 1.165) is 11.8 Å². The highest BCUT2D eigenvalue weighted by Crippen LogP contribution is 2.33. The van der Waals surface area contributed by atoms with Crippen molar-refractivity contribution in [3.63, 3.8) is 0 Å². The normalized spacial score (nSPS) is 11.0. The number of carbonyl (C=O) groups excluding carboxylic acids is 1. The van der Waals surface area contributed by atoms with Crippen molar-refractivity contribution in [2.45, 2.75) is 11.8 Å². The van der Waals surface area contributed by atoms with Crippen LogP contribution in [0.5, 0.6) is 5.75 Å². The van der Waals surface area contributed by atoms with Gasteiger partial charge >= 0.3 is 0 Å². The van der Waals surface area contributed by atoms with E-state index < -0.39 is 9.84 Å². The minimum atomic E-state index is -3.47. The van der Waals surface area contributed by atoms with E-state index in [1.165, 1.54) is 13.2 Å². The first-order valence-electron chi connectivity index (χ1n) is 7.39. The molecular weight excluding hydrogens is 364 g/mol. The second kappa shape index (κ2) is 7.76. The number of halogens is 1. The maximum Gasteiger partial charge on any atom is 0.243 e. The van der Waals surface area contributed by atoms with Crippen LogP contribution in [0.15, 0.2) is 41.3 Å². The van der Waals surface area contributed by atoms with Crippen LogP contribution in [0.4, 0.5) is 11.4 Å². The zero-order valence-corrected chi connectivity index (χ0v) is 15.7. The maximum atomic E-state index is 12.1. The lowest BCUT2D eigenvalue weighted by atomic mass is 10.2. The summed E-state index contributed by atoms with van der Waals surface area (Å²) < 4.78 is 29.1. The van der Waals surface area contributed by atoms with E-state index >= 15 is 0 Å². The minimum absolute atomic E-state index is 0.0732. The molecule has 0 radical (unpaired) electrons. The molecule has 0 heterocycles. The van der Waals surface area contributed by atoms with Crippen molar-refractivity contribution in [2.75, 3.05) is 30.5 Å². The van der Waals surface area contributed by atoms with Crippen LogP contribution in [-0.4, -0.2) is 34.2 Å². The number of para-hydroxylation sites is 1. The zero-order valence-electron chi connectivity index (χ0n) is 14.1. The summed E-state index contributed by atoms with van der Waals surface area (Å²) in [7, 11) is -2.08. The second-order valence-corrected chi connectivity index (χ2v) is 7.89. The van der Waals surface area contributed by atoms with Crippen molar-refractivity contribution in [2.24, 2.45) is 0 Å². The van der Waals surface area contributed by atoms with Gasteiger partial charge < -0.3 is 15.4 Å². The van der Waals surface area contributed by atoms with E-state index in [1.807, 2.05) is 0 Å². The van der Waals surface area contributed by atoms with Gasteiger partial charge in [-0.05, 0) is 36.8 Å². The summed E-state index contributed by atoms with van der Waals surface area (Å²) >= 11 is 6.00.